The van der Waals surface area contributed by atoms with Crippen molar-refractivity contribution in [2.75, 3.05) is 5.32 Å². The SMILES string of the molecule is O=c1[nH]c(NC2=CCCCC2)nc2nc[nH]c12. The number of fused-ring (bicyclic) bond motifs is 1. The third-order valence-corrected chi connectivity index (χ3v) is 2.87. The third kappa shape index (κ3) is 1.93. The Hall–Kier alpha value is -2.11. The van der Waals surface area contributed by atoms with E-state index in [2.05, 4.69) is 31.3 Å². The lowest BCUT2D eigenvalue weighted by atomic mass is 10.1. The normalized spacial score (nSPS) is 15.9. The van der Waals surface area contributed by atoms with Crippen LogP contribution in [0.3, 0.4) is 0 Å². The predicted octanol–water partition coefficient (Wildman–Crippen LogP) is 1.52. The minimum atomic E-state index is -0.202. The van der Waals surface area contributed by atoms with E-state index in [1.165, 1.54) is 19.2 Å². The van der Waals surface area contributed by atoms with Crippen molar-refractivity contribution in [1.82, 2.24) is 19.9 Å². The fraction of sp³-hybridized carbons (Fsp3) is 0.364. The van der Waals surface area contributed by atoms with E-state index in [-0.39, 0.29) is 5.56 Å². The van der Waals surface area contributed by atoms with Crippen LogP contribution in [0, 0.1) is 0 Å². The maximum atomic E-state index is 11.7. The molecule has 0 amide bonds. The van der Waals surface area contributed by atoms with Gasteiger partial charge in [-0.2, -0.15) is 4.98 Å². The molecule has 0 atom stereocenters. The number of nitrogens with zero attached hydrogens (tertiary/aromatic N) is 2. The first-order chi connectivity index (χ1) is 8.33. The summed E-state index contributed by atoms with van der Waals surface area (Å²) in [5.41, 5.74) is 1.77. The van der Waals surface area contributed by atoms with Gasteiger partial charge >= 0.3 is 0 Å². The van der Waals surface area contributed by atoms with Crippen molar-refractivity contribution >= 4 is 17.1 Å². The van der Waals surface area contributed by atoms with Gasteiger partial charge in [-0.05, 0) is 25.7 Å². The Balaban J connectivity index is 1.95. The number of imidazole rings is 1. The number of H-pyrrole nitrogens is 2. The summed E-state index contributed by atoms with van der Waals surface area (Å²) in [6, 6.07) is 0. The maximum Gasteiger partial charge on any atom is 0.278 e. The first kappa shape index (κ1) is 10.1. The van der Waals surface area contributed by atoms with Gasteiger partial charge in [0, 0.05) is 5.70 Å². The predicted molar refractivity (Wildman–Crippen MR) is 64.7 cm³/mol. The maximum absolute atomic E-state index is 11.7. The molecular weight excluding hydrogens is 218 g/mol. The first-order valence-electron chi connectivity index (χ1n) is 5.72. The van der Waals surface area contributed by atoms with Crippen LogP contribution in [-0.2, 0) is 0 Å². The van der Waals surface area contributed by atoms with Crippen LogP contribution in [-0.4, -0.2) is 19.9 Å². The Kier molecular flexibility index (Phi) is 2.40. The van der Waals surface area contributed by atoms with Gasteiger partial charge in [0.05, 0.1) is 6.33 Å². The summed E-state index contributed by atoms with van der Waals surface area (Å²) in [5.74, 6) is 0.461. The average Bonchev–Trinajstić information content (AvgIpc) is 2.79. The molecule has 0 fully saturated rings. The second-order valence-electron chi connectivity index (χ2n) is 4.12. The first-order valence-corrected chi connectivity index (χ1v) is 5.72. The summed E-state index contributed by atoms with van der Waals surface area (Å²) in [5, 5.41) is 3.14. The molecule has 0 radical (unpaired) electrons. The van der Waals surface area contributed by atoms with Crippen LogP contribution in [0.2, 0.25) is 0 Å². The van der Waals surface area contributed by atoms with Crippen LogP contribution >= 0.6 is 0 Å². The highest BCUT2D eigenvalue weighted by atomic mass is 16.1. The molecule has 17 heavy (non-hydrogen) atoms. The van der Waals surface area contributed by atoms with Crippen LogP contribution < -0.4 is 10.9 Å². The lowest BCUT2D eigenvalue weighted by molar-refractivity contribution is 0.703. The van der Waals surface area contributed by atoms with Gasteiger partial charge < -0.3 is 10.3 Å². The zero-order valence-electron chi connectivity index (χ0n) is 9.29. The van der Waals surface area contributed by atoms with Gasteiger partial charge in [-0.1, -0.05) is 6.08 Å². The van der Waals surface area contributed by atoms with Gasteiger partial charge in [-0.25, -0.2) is 4.98 Å². The molecule has 0 aliphatic heterocycles. The molecule has 6 heteroatoms. The van der Waals surface area contributed by atoms with Crippen molar-refractivity contribution in [3.63, 3.8) is 0 Å². The van der Waals surface area contributed by atoms with Crippen molar-refractivity contribution in [3.05, 3.63) is 28.5 Å². The minimum absolute atomic E-state index is 0.202. The van der Waals surface area contributed by atoms with Gasteiger partial charge in [-0.3, -0.25) is 9.78 Å². The third-order valence-electron chi connectivity index (χ3n) is 2.87. The molecule has 0 unspecified atom stereocenters. The van der Waals surface area contributed by atoms with Gasteiger partial charge in [0.15, 0.2) is 11.2 Å². The van der Waals surface area contributed by atoms with Gasteiger partial charge in [-0.15, -0.1) is 0 Å². The second-order valence-corrected chi connectivity index (χ2v) is 4.12. The highest BCUT2D eigenvalue weighted by Gasteiger charge is 2.08. The Morgan fingerprint density at radius 2 is 2.29 bits per heavy atom. The molecule has 1 aliphatic rings. The lowest BCUT2D eigenvalue weighted by Crippen LogP contribution is -2.14. The fourth-order valence-electron chi connectivity index (χ4n) is 2.01. The quantitative estimate of drug-likeness (QED) is 0.731. The number of aromatic nitrogens is 4. The Labute approximate surface area is 97.2 Å². The number of hydrogen-bond acceptors (Lipinski definition) is 4. The molecule has 88 valence electrons. The number of anilines is 1. The van der Waals surface area contributed by atoms with E-state index < -0.39 is 0 Å². The zero-order valence-corrected chi connectivity index (χ0v) is 9.29. The summed E-state index contributed by atoms with van der Waals surface area (Å²) in [6.07, 6.45) is 8.11. The van der Waals surface area contributed by atoms with Crippen molar-refractivity contribution in [1.29, 1.82) is 0 Å². The second kappa shape index (κ2) is 4.04. The molecule has 3 N–H and O–H groups in total. The molecule has 2 heterocycles. The standard InChI is InChI=1S/C11H13N5O/c17-10-8-9(13-6-12-8)15-11(16-10)14-7-4-2-1-3-5-7/h4,6H,1-3,5H2,(H3,12,13,14,15,16,17). The van der Waals surface area contributed by atoms with Crippen molar-refractivity contribution in [2.24, 2.45) is 0 Å². The average molecular weight is 231 g/mol. The molecule has 0 saturated heterocycles. The van der Waals surface area contributed by atoms with Crippen LogP contribution in [0.25, 0.3) is 11.2 Å². The van der Waals surface area contributed by atoms with Gasteiger partial charge in [0.1, 0.15) is 0 Å². The van der Waals surface area contributed by atoms with E-state index in [4.69, 9.17) is 0 Å². The van der Waals surface area contributed by atoms with Gasteiger partial charge in [0.25, 0.3) is 5.56 Å². The van der Waals surface area contributed by atoms with Crippen molar-refractivity contribution in [2.45, 2.75) is 25.7 Å². The summed E-state index contributed by atoms with van der Waals surface area (Å²) in [7, 11) is 0. The Morgan fingerprint density at radius 1 is 1.35 bits per heavy atom. The van der Waals surface area contributed by atoms with E-state index in [0.29, 0.717) is 17.1 Å². The largest absolute Gasteiger partial charge is 0.339 e. The Bertz CT molecular complexity index is 624. The van der Waals surface area contributed by atoms with Crippen LogP contribution in [0.1, 0.15) is 25.7 Å². The summed E-state index contributed by atoms with van der Waals surface area (Å²) >= 11 is 0. The van der Waals surface area contributed by atoms with E-state index in [1.807, 2.05) is 0 Å². The molecule has 1 aliphatic carbocycles. The van der Waals surface area contributed by atoms with Crippen LogP contribution in [0.15, 0.2) is 22.9 Å². The van der Waals surface area contributed by atoms with E-state index in [0.717, 1.165) is 18.5 Å². The fourth-order valence-corrected chi connectivity index (χ4v) is 2.01. The van der Waals surface area contributed by atoms with Crippen LogP contribution in [0.4, 0.5) is 5.95 Å². The number of aromatic amines is 2. The summed E-state index contributed by atoms with van der Waals surface area (Å²) in [6.45, 7) is 0. The molecule has 0 bridgehead atoms. The molecule has 2 aromatic heterocycles. The van der Waals surface area contributed by atoms with E-state index >= 15 is 0 Å². The van der Waals surface area contributed by atoms with Gasteiger partial charge in [0.2, 0.25) is 5.95 Å². The molecule has 0 aromatic carbocycles. The number of nitrogens with one attached hydrogen (secondary N) is 3. The smallest absolute Gasteiger partial charge is 0.278 e. The highest BCUT2D eigenvalue weighted by Crippen LogP contribution is 2.18. The number of hydrogen-bond donors (Lipinski definition) is 3. The zero-order chi connectivity index (χ0) is 11.7. The molecule has 6 nitrogen and oxygen atoms in total. The van der Waals surface area contributed by atoms with Crippen molar-refractivity contribution < 1.29 is 0 Å². The molecule has 0 spiro atoms. The topological polar surface area (TPSA) is 86.5 Å². The molecule has 3 rings (SSSR count). The highest BCUT2D eigenvalue weighted by molar-refractivity contribution is 5.69. The number of rotatable bonds is 2. The monoisotopic (exact) mass is 231 g/mol. The lowest BCUT2D eigenvalue weighted by Gasteiger charge is -2.13. The number of allylic oxidation sites excluding steroid dienone is 2. The Morgan fingerprint density at radius 3 is 3.12 bits per heavy atom. The summed E-state index contributed by atoms with van der Waals surface area (Å²) < 4.78 is 0. The molecule has 2 aromatic rings. The minimum Gasteiger partial charge on any atom is -0.339 e. The molecular formula is C11H13N5O. The van der Waals surface area contributed by atoms with E-state index in [9.17, 15) is 4.79 Å². The van der Waals surface area contributed by atoms with E-state index in [1.54, 1.807) is 0 Å². The molecule has 0 saturated carbocycles. The van der Waals surface area contributed by atoms with Crippen LogP contribution in [0.5, 0.6) is 0 Å². The summed E-state index contributed by atoms with van der Waals surface area (Å²) in [4.78, 5) is 25.4. The van der Waals surface area contributed by atoms with Crippen molar-refractivity contribution in [3.8, 4) is 0 Å².